The summed E-state index contributed by atoms with van der Waals surface area (Å²) < 4.78 is 5.55. The molecule has 2 bridgehead atoms. The molecule has 2 saturated heterocycles. The second kappa shape index (κ2) is 2.21. The lowest BCUT2D eigenvalue weighted by atomic mass is 9.74. The standard InChI is InChI=1S/C8H13NO2/c1-6(10)9-5-8-2-7(3-8)4-11-8/h7H,2-5H2,1H3,(H,9,10)/t7-,8+. The van der Waals surface area contributed by atoms with Crippen LogP contribution in [0.2, 0.25) is 0 Å². The van der Waals surface area contributed by atoms with Crippen LogP contribution in [0.15, 0.2) is 0 Å². The second-order valence-corrected chi connectivity index (χ2v) is 3.68. The van der Waals surface area contributed by atoms with E-state index in [-0.39, 0.29) is 11.5 Å². The molecule has 3 heteroatoms. The van der Waals surface area contributed by atoms with Crippen molar-refractivity contribution in [3.8, 4) is 0 Å². The van der Waals surface area contributed by atoms with E-state index < -0.39 is 0 Å². The molecule has 3 nitrogen and oxygen atoms in total. The van der Waals surface area contributed by atoms with Crippen molar-refractivity contribution >= 4 is 5.91 Å². The minimum Gasteiger partial charge on any atom is -0.373 e. The lowest BCUT2D eigenvalue weighted by Gasteiger charge is -2.35. The van der Waals surface area contributed by atoms with E-state index in [4.69, 9.17) is 4.74 Å². The summed E-state index contributed by atoms with van der Waals surface area (Å²) >= 11 is 0. The molecule has 0 radical (unpaired) electrons. The minimum atomic E-state index is 0.0380. The van der Waals surface area contributed by atoms with Crippen molar-refractivity contribution in [1.29, 1.82) is 0 Å². The Kier molecular flexibility index (Phi) is 1.42. The molecular weight excluding hydrogens is 142 g/mol. The van der Waals surface area contributed by atoms with Crippen LogP contribution in [-0.4, -0.2) is 24.7 Å². The van der Waals surface area contributed by atoms with Crippen LogP contribution in [-0.2, 0) is 9.53 Å². The molecule has 0 aromatic carbocycles. The molecule has 1 aliphatic carbocycles. The Balaban J connectivity index is 1.82. The van der Waals surface area contributed by atoms with E-state index in [0.717, 1.165) is 25.4 Å². The van der Waals surface area contributed by atoms with E-state index >= 15 is 0 Å². The lowest BCUT2D eigenvalue weighted by molar-refractivity contribution is -0.120. The third-order valence-corrected chi connectivity index (χ3v) is 2.61. The topological polar surface area (TPSA) is 38.3 Å². The van der Waals surface area contributed by atoms with E-state index in [0.29, 0.717) is 6.54 Å². The van der Waals surface area contributed by atoms with Crippen LogP contribution < -0.4 is 5.32 Å². The summed E-state index contributed by atoms with van der Waals surface area (Å²) in [5.74, 6) is 0.821. The largest absolute Gasteiger partial charge is 0.373 e. The number of hydrogen-bond donors (Lipinski definition) is 1. The molecule has 2 aliphatic heterocycles. The van der Waals surface area contributed by atoms with Crippen LogP contribution in [0.25, 0.3) is 0 Å². The Bertz CT molecular complexity index is 179. The zero-order chi connectivity index (χ0) is 7.90. The SMILES string of the molecule is CC(=O)NC[C@]12C[C@H](CO1)C2. The number of fused-ring (bicyclic) bond motifs is 1. The number of ether oxygens (including phenoxy) is 1. The first-order chi connectivity index (χ1) is 5.20. The van der Waals surface area contributed by atoms with Crippen molar-refractivity contribution in [2.45, 2.75) is 25.4 Å². The van der Waals surface area contributed by atoms with Gasteiger partial charge in [-0.2, -0.15) is 0 Å². The van der Waals surface area contributed by atoms with Gasteiger partial charge in [0.1, 0.15) is 0 Å². The predicted octanol–water partition coefficient (Wildman–Crippen LogP) is 0.301. The Morgan fingerprint density at radius 1 is 1.73 bits per heavy atom. The summed E-state index contributed by atoms with van der Waals surface area (Å²) in [5, 5.41) is 2.80. The molecule has 0 atom stereocenters. The van der Waals surface area contributed by atoms with Gasteiger partial charge >= 0.3 is 0 Å². The zero-order valence-corrected chi connectivity index (χ0v) is 6.72. The first kappa shape index (κ1) is 7.10. The van der Waals surface area contributed by atoms with Gasteiger partial charge in [0.15, 0.2) is 0 Å². The van der Waals surface area contributed by atoms with Gasteiger partial charge in [-0.25, -0.2) is 0 Å². The maximum absolute atomic E-state index is 10.6. The molecule has 62 valence electrons. The molecule has 2 heterocycles. The van der Waals surface area contributed by atoms with Gasteiger partial charge in [-0.05, 0) is 18.8 Å². The molecule has 3 aliphatic rings. The Labute approximate surface area is 66.1 Å². The summed E-state index contributed by atoms with van der Waals surface area (Å²) in [6.07, 6.45) is 2.29. The molecule has 3 fully saturated rings. The summed E-state index contributed by atoms with van der Waals surface area (Å²) in [5.41, 5.74) is 0.0380. The monoisotopic (exact) mass is 155 g/mol. The summed E-state index contributed by atoms with van der Waals surface area (Å²) in [4.78, 5) is 10.6. The van der Waals surface area contributed by atoms with Crippen LogP contribution in [0, 0.1) is 5.92 Å². The van der Waals surface area contributed by atoms with E-state index in [1.54, 1.807) is 6.92 Å². The van der Waals surface area contributed by atoms with E-state index in [1.165, 1.54) is 0 Å². The van der Waals surface area contributed by atoms with Crippen molar-refractivity contribution in [1.82, 2.24) is 5.32 Å². The maximum atomic E-state index is 10.6. The highest BCUT2D eigenvalue weighted by molar-refractivity contribution is 5.72. The molecule has 3 rings (SSSR count). The molecular formula is C8H13NO2. The van der Waals surface area contributed by atoms with Gasteiger partial charge in [-0.3, -0.25) is 4.79 Å². The normalized spacial score (nSPS) is 39.9. The van der Waals surface area contributed by atoms with Crippen LogP contribution >= 0.6 is 0 Å². The van der Waals surface area contributed by atoms with E-state index in [9.17, 15) is 4.79 Å². The van der Waals surface area contributed by atoms with Gasteiger partial charge in [0.25, 0.3) is 0 Å². The van der Waals surface area contributed by atoms with Gasteiger partial charge in [0, 0.05) is 13.5 Å². The fourth-order valence-electron chi connectivity index (χ4n) is 2.00. The molecule has 1 N–H and O–H groups in total. The quantitative estimate of drug-likeness (QED) is 0.623. The van der Waals surface area contributed by atoms with Crippen molar-refractivity contribution in [3.63, 3.8) is 0 Å². The lowest BCUT2D eigenvalue weighted by Crippen LogP contribution is -2.46. The highest BCUT2D eigenvalue weighted by atomic mass is 16.5. The summed E-state index contributed by atoms with van der Waals surface area (Å²) in [6, 6.07) is 0. The number of amides is 1. The van der Waals surface area contributed by atoms with Gasteiger partial charge in [-0.1, -0.05) is 0 Å². The number of hydrogen-bond acceptors (Lipinski definition) is 2. The van der Waals surface area contributed by atoms with Crippen molar-refractivity contribution < 1.29 is 9.53 Å². The first-order valence-corrected chi connectivity index (χ1v) is 4.09. The predicted molar refractivity (Wildman–Crippen MR) is 40.1 cm³/mol. The van der Waals surface area contributed by atoms with Gasteiger partial charge in [-0.15, -0.1) is 0 Å². The average molecular weight is 155 g/mol. The Morgan fingerprint density at radius 3 is 2.91 bits per heavy atom. The van der Waals surface area contributed by atoms with Crippen molar-refractivity contribution in [3.05, 3.63) is 0 Å². The Morgan fingerprint density at radius 2 is 2.45 bits per heavy atom. The molecule has 11 heavy (non-hydrogen) atoms. The van der Waals surface area contributed by atoms with E-state index in [2.05, 4.69) is 5.32 Å². The number of nitrogens with one attached hydrogen (secondary N) is 1. The van der Waals surface area contributed by atoms with Crippen LogP contribution in [0.5, 0.6) is 0 Å². The fraction of sp³-hybridized carbons (Fsp3) is 0.875. The molecule has 1 amide bonds. The number of rotatable bonds is 2. The van der Waals surface area contributed by atoms with Crippen LogP contribution in [0.3, 0.4) is 0 Å². The van der Waals surface area contributed by atoms with E-state index in [1.807, 2.05) is 0 Å². The molecule has 0 aromatic rings. The average Bonchev–Trinajstić information content (AvgIpc) is 2.38. The highest BCUT2D eigenvalue weighted by Gasteiger charge is 2.51. The molecule has 0 spiro atoms. The van der Waals surface area contributed by atoms with Gasteiger partial charge in [0.2, 0.25) is 5.91 Å². The second-order valence-electron chi connectivity index (χ2n) is 3.68. The third-order valence-electron chi connectivity index (χ3n) is 2.61. The van der Waals surface area contributed by atoms with Crippen LogP contribution in [0.1, 0.15) is 19.8 Å². The Hall–Kier alpha value is -0.570. The zero-order valence-electron chi connectivity index (χ0n) is 6.72. The van der Waals surface area contributed by atoms with Crippen LogP contribution in [0.4, 0.5) is 0 Å². The highest BCUT2D eigenvalue weighted by Crippen LogP contribution is 2.47. The third kappa shape index (κ3) is 1.13. The van der Waals surface area contributed by atoms with Gasteiger partial charge < -0.3 is 10.1 Å². The van der Waals surface area contributed by atoms with Crippen molar-refractivity contribution in [2.75, 3.05) is 13.2 Å². The van der Waals surface area contributed by atoms with Gasteiger partial charge in [0.05, 0.1) is 12.2 Å². The summed E-state index contributed by atoms with van der Waals surface area (Å²) in [7, 11) is 0. The maximum Gasteiger partial charge on any atom is 0.216 e. The molecule has 1 saturated carbocycles. The first-order valence-electron chi connectivity index (χ1n) is 4.09. The smallest absolute Gasteiger partial charge is 0.216 e. The fourth-order valence-corrected chi connectivity index (χ4v) is 2.00. The summed E-state index contributed by atoms with van der Waals surface area (Å²) in [6.45, 7) is 3.15. The van der Waals surface area contributed by atoms with Crippen molar-refractivity contribution in [2.24, 2.45) is 5.92 Å². The minimum absolute atomic E-state index is 0.0380. The number of carbonyl (C=O) groups is 1. The number of carbonyl (C=O) groups excluding carboxylic acids is 1. The molecule has 0 unspecified atom stereocenters. The molecule has 0 aromatic heterocycles.